The summed E-state index contributed by atoms with van der Waals surface area (Å²) < 4.78 is 0. The molecule has 0 aromatic carbocycles. The van der Waals surface area contributed by atoms with Gasteiger partial charge in [0, 0.05) is 45.7 Å². The van der Waals surface area contributed by atoms with Crippen LogP contribution in [0.1, 0.15) is 54.6 Å². The number of anilines is 2. The Morgan fingerprint density at radius 1 is 0.839 bits per heavy atom. The topological polar surface area (TPSA) is 102 Å². The Hall–Kier alpha value is -2.26. The van der Waals surface area contributed by atoms with Crippen LogP contribution in [0.25, 0.3) is 0 Å². The summed E-state index contributed by atoms with van der Waals surface area (Å²) >= 11 is 0. The summed E-state index contributed by atoms with van der Waals surface area (Å²) in [5.74, 6) is -0.0720. The first-order chi connectivity index (χ1) is 14.9. The SMILES string of the molecule is [CH]CN(CCC)CCC(=O)c1nc(NCC)c(C(=O)NCN(C[CH])C[CH])nc1NCC. The van der Waals surface area contributed by atoms with E-state index in [-0.39, 0.29) is 55.0 Å². The zero-order valence-corrected chi connectivity index (χ0v) is 18.9. The van der Waals surface area contributed by atoms with E-state index in [2.05, 4.69) is 32.8 Å². The number of amides is 1. The summed E-state index contributed by atoms with van der Waals surface area (Å²) in [6.45, 7) is 26.1. The third kappa shape index (κ3) is 8.41. The second-order valence-electron chi connectivity index (χ2n) is 6.85. The van der Waals surface area contributed by atoms with Crippen molar-refractivity contribution in [3.8, 4) is 0 Å². The van der Waals surface area contributed by atoms with Crippen LogP contribution >= 0.6 is 0 Å². The van der Waals surface area contributed by atoms with Crippen LogP contribution < -0.4 is 16.0 Å². The van der Waals surface area contributed by atoms with Gasteiger partial charge in [-0.3, -0.25) is 14.5 Å². The fraction of sp³-hybridized carbons (Fsp3) is 0.591. The lowest BCUT2D eigenvalue weighted by molar-refractivity contribution is 0.0920. The van der Waals surface area contributed by atoms with E-state index in [1.54, 1.807) is 4.90 Å². The van der Waals surface area contributed by atoms with Crippen LogP contribution in [0.5, 0.6) is 0 Å². The van der Waals surface area contributed by atoms with Gasteiger partial charge in [-0.15, -0.1) is 0 Å². The Labute approximate surface area is 187 Å². The molecule has 0 bridgehead atoms. The molecule has 0 aliphatic rings. The van der Waals surface area contributed by atoms with Crippen molar-refractivity contribution in [2.75, 3.05) is 63.1 Å². The third-order valence-electron chi connectivity index (χ3n) is 4.50. The van der Waals surface area contributed by atoms with Crippen LogP contribution in [-0.4, -0.2) is 83.9 Å². The molecule has 9 heteroatoms. The van der Waals surface area contributed by atoms with Crippen molar-refractivity contribution in [2.45, 2.75) is 33.6 Å². The number of nitrogens with one attached hydrogen (secondary N) is 3. The van der Waals surface area contributed by atoms with Crippen LogP contribution in [0, 0.1) is 20.8 Å². The van der Waals surface area contributed by atoms with E-state index >= 15 is 0 Å². The van der Waals surface area contributed by atoms with Crippen LogP contribution in [0.15, 0.2) is 0 Å². The Balaban J connectivity index is 3.15. The molecular formula is C22H35N7O2. The molecule has 1 heterocycles. The smallest absolute Gasteiger partial charge is 0.274 e. The molecular weight excluding hydrogens is 394 g/mol. The van der Waals surface area contributed by atoms with E-state index in [0.29, 0.717) is 26.2 Å². The minimum atomic E-state index is -0.439. The van der Waals surface area contributed by atoms with E-state index in [1.807, 2.05) is 18.7 Å². The Morgan fingerprint density at radius 2 is 1.39 bits per heavy atom. The fourth-order valence-corrected chi connectivity index (χ4v) is 2.83. The lowest BCUT2D eigenvalue weighted by Crippen LogP contribution is -2.38. The van der Waals surface area contributed by atoms with Gasteiger partial charge in [-0.2, -0.15) is 0 Å². The second kappa shape index (κ2) is 14.7. The van der Waals surface area contributed by atoms with Gasteiger partial charge in [0.15, 0.2) is 28.8 Å². The van der Waals surface area contributed by atoms with Crippen molar-refractivity contribution in [1.82, 2.24) is 25.1 Å². The van der Waals surface area contributed by atoms with E-state index in [9.17, 15) is 9.59 Å². The summed E-state index contributed by atoms with van der Waals surface area (Å²) in [6, 6.07) is 0. The molecule has 1 amide bonds. The minimum Gasteiger partial charge on any atom is -0.368 e. The maximum atomic E-state index is 12.9. The van der Waals surface area contributed by atoms with Crippen LogP contribution in [0.2, 0.25) is 0 Å². The first kappa shape index (κ1) is 26.8. The van der Waals surface area contributed by atoms with Gasteiger partial charge in [-0.1, -0.05) is 6.92 Å². The number of nitrogens with zero attached hydrogens (tertiary/aromatic N) is 4. The largest absolute Gasteiger partial charge is 0.368 e. The number of carbonyl (C=O) groups is 2. The summed E-state index contributed by atoms with van der Waals surface area (Å²) in [5, 5.41) is 8.80. The first-order valence-corrected chi connectivity index (χ1v) is 10.7. The Morgan fingerprint density at radius 3 is 1.90 bits per heavy atom. The van der Waals surface area contributed by atoms with Gasteiger partial charge in [0.05, 0.1) is 6.67 Å². The Kier molecular flexibility index (Phi) is 12.7. The van der Waals surface area contributed by atoms with Gasteiger partial charge in [-0.05, 0) is 47.6 Å². The average Bonchev–Trinajstić information content (AvgIpc) is 2.77. The highest BCUT2D eigenvalue weighted by Gasteiger charge is 2.23. The molecule has 0 aliphatic heterocycles. The molecule has 0 aliphatic carbocycles. The fourth-order valence-electron chi connectivity index (χ4n) is 2.83. The van der Waals surface area contributed by atoms with Crippen molar-refractivity contribution in [3.63, 3.8) is 0 Å². The number of hydrogen-bond donors (Lipinski definition) is 3. The number of carbonyl (C=O) groups excluding carboxylic acids is 2. The standard InChI is InChI=1S/C22H35N7O2/c1-7-14-29(12-6)15-13-17(30)18-20(23-8-2)27-19(21(26-18)24-9-3)22(31)25-16-28(10-4)11-5/h4-6H,7-16H2,1-3H3,(H,23,27)(H,24,26)(H,25,31). The number of aromatic nitrogens is 2. The van der Waals surface area contributed by atoms with Crippen molar-refractivity contribution in [2.24, 2.45) is 0 Å². The van der Waals surface area contributed by atoms with Gasteiger partial charge >= 0.3 is 0 Å². The molecule has 9 nitrogen and oxygen atoms in total. The minimum absolute atomic E-state index is 0.0953. The molecule has 1 aromatic rings. The summed E-state index contributed by atoms with van der Waals surface area (Å²) in [5.41, 5.74) is 0.297. The van der Waals surface area contributed by atoms with Crippen LogP contribution in [0.4, 0.5) is 11.6 Å². The monoisotopic (exact) mass is 429 g/mol. The van der Waals surface area contributed by atoms with Gasteiger partial charge in [0.1, 0.15) is 0 Å². The van der Waals surface area contributed by atoms with Gasteiger partial charge in [0.2, 0.25) is 0 Å². The molecule has 1 aromatic heterocycles. The number of hydrogen-bond acceptors (Lipinski definition) is 8. The van der Waals surface area contributed by atoms with Crippen LogP contribution in [0.3, 0.4) is 0 Å². The summed E-state index contributed by atoms with van der Waals surface area (Å²) in [6.07, 6.45) is 1.21. The second-order valence-corrected chi connectivity index (χ2v) is 6.85. The highest BCUT2D eigenvalue weighted by atomic mass is 16.2. The average molecular weight is 430 g/mol. The van der Waals surface area contributed by atoms with Gasteiger partial charge in [-0.25, -0.2) is 9.97 Å². The summed E-state index contributed by atoms with van der Waals surface area (Å²) in [7, 11) is 0. The Bertz CT molecular complexity index is 693. The lowest BCUT2D eigenvalue weighted by Gasteiger charge is -2.20. The van der Waals surface area contributed by atoms with E-state index in [1.165, 1.54) is 0 Å². The lowest BCUT2D eigenvalue weighted by atomic mass is 10.1. The van der Waals surface area contributed by atoms with E-state index in [0.717, 1.165) is 13.0 Å². The van der Waals surface area contributed by atoms with E-state index in [4.69, 9.17) is 20.8 Å². The van der Waals surface area contributed by atoms with Crippen molar-refractivity contribution in [1.29, 1.82) is 0 Å². The quantitative estimate of drug-likeness (QED) is 0.270. The highest BCUT2D eigenvalue weighted by molar-refractivity contribution is 6.02. The number of ketones is 1. The van der Waals surface area contributed by atoms with Crippen molar-refractivity contribution < 1.29 is 9.59 Å². The van der Waals surface area contributed by atoms with Gasteiger partial charge < -0.3 is 20.9 Å². The first-order valence-electron chi connectivity index (χ1n) is 10.7. The predicted octanol–water partition coefficient (Wildman–Crippen LogP) is 1.75. The highest BCUT2D eigenvalue weighted by Crippen LogP contribution is 2.20. The zero-order valence-electron chi connectivity index (χ0n) is 18.9. The number of rotatable bonds is 16. The van der Waals surface area contributed by atoms with Crippen LogP contribution in [-0.2, 0) is 0 Å². The molecule has 1 rings (SSSR count). The number of Topliss-reactive ketones (excluding diaryl/α,β-unsaturated/α-hetero) is 1. The third-order valence-corrected chi connectivity index (χ3v) is 4.50. The van der Waals surface area contributed by atoms with E-state index < -0.39 is 5.91 Å². The maximum Gasteiger partial charge on any atom is 0.274 e. The maximum absolute atomic E-state index is 12.9. The predicted molar refractivity (Wildman–Crippen MR) is 123 cm³/mol. The normalized spacial score (nSPS) is 11.1. The molecule has 170 valence electrons. The molecule has 3 N–H and O–H groups in total. The molecule has 0 saturated heterocycles. The molecule has 0 atom stereocenters. The molecule has 6 radical (unpaired) electrons. The molecule has 0 saturated carbocycles. The van der Waals surface area contributed by atoms with Crippen molar-refractivity contribution >= 4 is 23.3 Å². The molecule has 31 heavy (non-hydrogen) atoms. The molecule has 0 unspecified atom stereocenters. The van der Waals surface area contributed by atoms with Gasteiger partial charge in [0.25, 0.3) is 5.91 Å². The zero-order chi connectivity index (χ0) is 23.2. The van der Waals surface area contributed by atoms with Crippen molar-refractivity contribution in [3.05, 3.63) is 32.2 Å². The molecule has 0 fully saturated rings. The molecule has 0 spiro atoms. The summed E-state index contributed by atoms with van der Waals surface area (Å²) in [4.78, 5) is 38.2.